The SMILES string of the molecule is O=C(NCc1ccccc1N1CCCC1)Nc1cccc(N2CCNC2=O)c1. The van der Waals surface area contributed by atoms with Crippen molar-refractivity contribution in [2.24, 2.45) is 0 Å². The Morgan fingerprint density at radius 3 is 2.64 bits per heavy atom. The van der Waals surface area contributed by atoms with Crippen molar-refractivity contribution in [2.75, 3.05) is 41.3 Å². The lowest BCUT2D eigenvalue weighted by molar-refractivity contribution is 0.251. The highest BCUT2D eigenvalue weighted by atomic mass is 16.2. The Hall–Kier alpha value is -3.22. The molecule has 7 heteroatoms. The monoisotopic (exact) mass is 379 g/mol. The summed E-state index contributed by atoms with van der Waals surface area (Å²) in [5.74, 6) is 0. The molecule has 0 aliphatic carbocycles. The maximum absolute atomic E-state index is 12.4. The van der Waals surface area contributed by atoms with E-state index >= 15 is 0 Å². The number of hydrogen-bond acceptors (Lipinski definition) is 3. The average molecular weight is 379 g/mol. The molecule has 2 fully saturated rings. The number of carbonyl (C=O) groups is 2. The third-order valence-electron chi connectivity index (χ3n) is 5.15. The van der Waals surface area contributed by atoms with E-state index in [2.05, 4.69) is 33.0 Å². The molecule has 2 aromatic carbocycles. The number of urea groups is 2. The van der Waals surface area contributed by atoms with Gasteiger partial charge in [0.1, 0.15) is 0 Å². The zero-order valence-corrected chi connectivity index (χ0v) is 15.8. The molecule has 3 N–H and O–H groups in total. The molecule has 0 bridgehead atoms. The van der Waals surface area contributed by atoms with Gasteiger partial charge in [0.15, 0.2) is 0 Å². The number of hydrogen-bond donors (Lipinski definition) is 3. The van der Waals surface area contributed by atoms with Crippen molar-refractivity contribution in [3.63, 3.8) is 0 Å². The molecule has 0 radical (unpaired) electrons. The van der Waals surface area contributed by atoms with Crippen LogP contribution in [0.1, 0.15) is 18.4 Å². The summed E-state index contributed by atoms with van der Waals surface area (Å²) in [5.41, 5.74) is 3.74. The zero-order chi connectivity index (χ0) is 19.3. The summed E-state index contributed by atoms with van der Waals surface area (Å²) in [6.45, 7) is 3.86. The summed E-state index contributed by atoms with van der Waals surface area (Å²) in [6, 6.07) is 15.2. The molecule has 2 aliphatic heterocycles. The van der Waals surface area contributed by atoms with Crippen LogP contribution in [0.25, 0.3) is 0 Å². The van der Waals surface area contributed by atoms with Gasteiger partial charge in [-0.3, -0.25) is 4.90 Å². The molecule has 0 atom stereocenters. The average Bonchev–Trinajstić information content (AvgIpc) is 3.39. The van der Waals surface area contributed by atoms with E-state index in [0.29, 0.717) is 25.3 Å². The first kappa shape index (κ1) is 18.2. The van der Waals surface area contributed by atoms with Crippen molar-refractivity contribution in [1.82, 2.24) is 10.6 Å². The van der Waals surface area contributed by atoms with E-state index < -0.39 is 0 Å². The zero-order valence-electron chi connectivity index (χ0n) is 15.8. The molecule has 0 saturated carbocycles. The first-order valence-corrected chi connectivity index (χ1v) is 9.74. The summed E-state index contributed by atoms with van der Waals surface area (Å²) in [4.78, 5) is 28.2. The second kappa shape index (κ2) is 8.21. The predicted octanol–water partition coefficient (Wildman–Crippen LogP) is 3.14. The summed E-state index contributed by atoms with van der Waals surface area (Å²) in [5, 5.41) is 8.58. The van der Waals surface area contributed by atoms with Crippen LogP contribution in [0.2, 0.25) is 0 Å². The molecule has 0 spiro atoms. The van der Waals surface area contributed by atoms with Crippen LogP contribution < -0.4 is 25.8 Å². The van der Waals surface area contributed by atoms with E-state index in [1.807, 2.05) is 36.4 Å². The lowest BCUT2D eigenvalue weighted by atomic mass is 10.1. The number of nitrogens with one attached hydrogen (secondary N) is 3. The number of carbonyl (C=O) groups excluding carboxylic acids is 2. The molecule has 146 valence electrons. The highest BCUT2D eigenvalue weighted by Gasteiger charge is 2.21. The molecular weight excluding hydrogens is 354 g/mol. The summed E-state index contributed by atoms with van der Waals surface area (Å²) in [6.07, 6.45) is 2.43. The van der Waals surface area contributed by atoms with Crippen LogP contribution in [0.3, 0.4) is 0 Å². The largest absolute Gasteiger partial charge is 0.371 e. The lowest BCUT2D eigenvalue weighted by Gasteiger charge is -2.21. The highest BCUT2D eigenvalue weighted by Crippen LogP contribution is 2.24. The van der Waals surface area contributed by atoms with Gasteiger partial charge in [-0.2, -0.15) is 0 Å². The third kappa shape index (κ3) is 4.03. The fourth-order valence-corrected chi connectivity index (χ4v) is 3.75. The number of amides is 4. The van der Waals surface area contributed by atoms with Crippen molar-refractivity contribution in [2.45, 2.75) is 19.4 Å². The standard InChI is InChI=1S/C21H25N5O2/c27-20(23-15-16-6-1-2-9-19(16)25-11-3-4-12-25)24-17-7-5-8-18(14-17)26-13-10-22-21(26)28/h1-2,5-9,14H,3-4,10-13,15H2,(H,22,28)(H2,23,24,27). The molecule has 0 aromatic heterocycles. The van der Waals surface area contributed by atoms with Gasteiger partial charge in [-0.1, -0.05) is 24.3 Å². The van der Waals surface area contributed by atoms with E-state index in [4.69, 9.17) is 0 Å². The van der Waals surface area contributed by atoms with E-state index in [9.17, 15) is 9.59 Å². The molecule has 2 heterocycles. The molecule has 2 aromatic rings. The van der Waals surface area contributed by atoms with Gasteiger partial charge in [0, 0.05) is 49.8 Å². The van der Waals surface area contributed by atoms with Gasteiger partial charge in [0.25, 0.3) is 0 Å². The maximum atomic E-state index is 12.4. The minimum absolute atomic E-state index is 0.111. The first-order valence-electron chi connectivity index (χ1n) is 9.74. The van der Waals surface area contributed by atoms with E-state index in [1.54, 1.807) is 4.90 Å². The Morgan fingerprint density at radius 2 is 1.86 bits per heavy atom. The van der Waals surface area contributed by atoms with Crippen LogP contribution in [0.15, 0.2) is 48.5 Å². The number of rotatable bonds is 5. The predicted molar refractivity (Wildman–Crippen MR) is 111 cm³/mol. The Labute approximate surface area is 164 Å². The van der Waals surface area contributed by atoms with Crippen LogP contribution >= 0.6 is 0 Å². The van der Waals surface area contributed by atoms with Crippen LogP contribution in [0.4, 0.5) is 26.7 Å². The topological polar surface area (TPSA) is 76.7 Å². The van der Waals surface area contributed by atoms with Crippen molar-refractivity contribution in [3.8, 4) is 0 Å². The summed E-state index contributed by atoms with van der Waals surface area (Å²) >= 11 is 0. The van der Waals surface area contributed by atoms with Crippen molar-refractivity contribution < 1.29 is 9.59 Å². The van der Waals surface area contributed by atoms with Crippen molar-refractivity contribution >= 4 is 29.1 Å². The van der Waals surface area contributed by atoms with Crippen LogP contribution in [0.5, 0.6) is 0 Å². The van der Waals surface area contributed by atoms with E-state index in [1.165, 1.54) is 18.5 Å². The minimum atomic E-state index is -0.265. The Balaban J connectivity index is 1.37. The van der Waals surface area contributed by atoms with Crippen LogP contribution in [0, 0.1) is 0 Å². The molecule has 2 aliphatic rings. The first-order chi connectivity index (χ1) is 13.7. The normalized spacial score (nSPS) is 16.2. The Bertz CT molecular complexity index is 863. The van der Waals surface area contributed by atoms with Gasteiger partial charge in [0.2, 0.25) is 0 Å². The van der Waals surface area contributed by atoms with Gasteiger partial charge in [-0.25, -0.2) is 9.59 Å². The molecule has 4 rings (SSSR count). The van der Waals surface area contributed by atoms with E-state index in [-0.39, 0.29) is 12.1 Å². The molecule has 4 amide bonds. The van der Waals surface area contributed by atoms with Gasteiger partial charge in [-0.15, -0.1) is 0 Å². The Morgan fingerprint density at radius 1 is 1.04 bits per heavy atom. The fourth-order valence-electron chi connectivity index (χ4n) is 3.75. The fraction of sp³-hybridized carbons (Fsp3) is 0.333. The number of para-hydroxylation sites is 1. The van der Waals surface area contributed by atoms with Crippen LogP contribution in [-0.2, 0) is 6.54 Å². The molecule has 0 unspecified atom stereocenters. The number of anilines is 3. The second-order valence-electron chi connectivity index (χ2n) is 7.06. The number of nitrogens with zero attached hydrogens (tertiary/aromatic N) is 2. The smallest absolute Gasteiger partial charge is 0.321 e. The third-order valence-corrected chi connectivity index (χ3v) is 5.15. The molecular formula is C21H25N5O2. The maximum Gasteiger partial charge on any atom is 0.321 e. The van der Waals surface area contributed by atoms with Crippen molar-refractivity contribution in [3.05, 3.63) is 54.1 Å². The van der Waals surface area contributed by atoms with Gasteiger partial charge >= 0.3 is 12.1 Å². The van der Waals surface area contributed by atoms with Crippen LogP contribution in [-0.4, -0.2) is 38.2 Å². The molecule has 28 heavy (non-hydrogen) atoms. The Kier molecular flexibility index (Phi) is 5.32. The van der Waals surface area contributed by atoms with E-state index in [0.717, 1.165) is 24.3 Å². The molecule has 7 nitrogen and oxygen atoms in total. The number of benzene rings is 2. The second-order valence-corrected chi connectivity index (χ2v) is 7.06. The molecule has 2 saturated heterocycles. The quantitative estimate of drug-likeness (QED) is 0.747. The minimum Gasteiger partial charge on any atom is -0.371 e. The van der Waals surface area contributed by atoms with Gasteiger partial charge in [-0.05, 0) is 42.7 Å². The lowest BCUT2D eigenvalue weighted by Crippen LogP contribution is -2.30. The highest BCUT2D eigenvalue weighted by molar-refractivity contribution is 5.95. The summed E-state index contributed by atoms with van der Waals surface area (Å²) in [7, 11) is 0. The van der Waals surface area contributed by atoms with Gasteiger partial charge < -0.3 is 20.9 Å². The van der Waals surface area contributed by atoms with Crippen molar-refractivity contribution in [1.29, 1.82) is 0 Å². The summed E-state index contributed by atoms with van der Waals surface area (Å²) < 4.78 is 0. The van der Waals surface area contributed by atoms with Gasteiger partial charge in [0.05, 0.1) is 0 Å².